The highest BCUT2D eigenvalue weighted by atomic mass is 19.1. The van der Waals surface area contributed by atoms with Crippen molar-refractivity contribution in [1.82, 2.24) is 4.90 Å². The SMILES string of the molecule is CC.COCC1(C)CC(F)CN1C. The molecule has 0 radical (unpaired) electrons. The average Bonchev–Trinajstić information content (AvgIpc) is 2.30. The lowest BCUT2D eigenvalue weighted by atomic mass is 10.0. The molecule has 80 valence electrons. The van der Waals surface area contributed by atoms with Crippen LogP contribution in [0.5, 0.6) is 0 Å². The Hall–Kier alpha value is -0.150. The number of halogens is 1. The smallest absolute Gasteiger partial charge is 0.115 e. The lowest BCUT2D eigenvalue weighted by Gasteiger charge is -2.30. The quantitative estimate of drug-likeness (QED) is 0.662. The van der Waals surface area contributed by atoms with Gasteiger partial charge in [-0.2, -0.15) is 0 Å². The molecule has 0 amide bonds. The Bertz CT molecular complexity index is 143. The van der Waals surface area contributed by atoms with E-state index >= 15 is 0 Å². The lowest BCUT2D eigenvalue weighted by Crippen LogP contribution is -2.42. The van der Waals surface area contributed by atoms with Gasteiger partial charge in [0, 0.05) is 25.6 Å². The first-order valence-electron chi connectivity index (χ1n) is 4.93. The predicted molar refractivity (Wildman–Crippen MR) is 53.8 cm³/mol. The number of likely N-dealkylation sites (tertiary alicyclic amines) is 1. The minimum Gasteiger partial charge on any atom is -0.383 e. The van der Waals surface area contributed by atoms with E-state index in [0.717, 1.165) is 0 Å². The summed E-state index contributed by atoms with van der Waals surface area (Å²) in [6, 6.07) is 0. The number of likely N-dealkylation sites (N-methyl/N-ethyl adjacent to an activating group) is 1. The molecule has 13 heavy (non-hydrogen) atoms. The summed E-state index contributed by atoms with van der Waals surface area (Å²) in [5.74, 6) is 0. The number of ether oxygens (including phenoxy) is 1. The fraction of sp³-hybridized carbons (Fsp3) is 1.00. The Kier molecular flexibility index (Phi) is 5.49. The van der Waals surface area contributed by atoms with Crippen LogP contribution in [0.1, 0.15) is 27.2 Å². The third-order valence-corrected chi connectivity index (χ3v) is 2.51. The first-order valence-corrected chi connectivity index (χ1v) is 4.93. The van der Waals surface area contributed by atoms with Gasteiger partial charge in [0.2, 0.25) is 0 Å². The summed E-state index contributed by atoms with van der Waals surface area (Å²) in [6.07, 6.45) is -0.0858. The van der Waals surface area contributed by atoms with Crippen molar-refractivity contribution in [3.05, 3.63) is 0 Å². The summed E-state index contributed by atoms with van der Waals surface area (Å²) in [7, 11) is 3.60. The second kappa shape index (κ2) is 5.55. The van der Waals surface area contributed by atoms with Crippen molar-refractivity contribution in [3.8, 4) is 0 Å². The molecule has 0 N–H and O–H groups in total. The van der Waals surface area contributed by atoms with Gasteiger partial charge in [-0.25, -0.2) is 4.39 Å². The summed E-state index contributed by atoms with van der Waals surface area (Å²) in [5.41, 5.74) is -0.0891. The molecule has 0 aromatic rings. The molecule has 1 aliphatic heterocycles. The number of alkyl halides is 1. The molecule has 2 nitrogen and oxygen atoms in total. The van der Waals surface area contributed by atoms with Crippen LogP contribution in [0.15, 0.2) is 0 Å². The second-order valence-electron chi connectivity index (χ2n) is 3.61. The van der Waals surface area contributed by atoms with Gasteiger partial charge in [-0.1, -0.05) is 13.8 Å². The predicted octanol–water partition coefficient (Wildman–Crippen LogP) is 2.09. The Morgan fingerprint density at radius 2 is 2.08 bits per heavy atom. The van der Waals surface area contributed by atoms with Crippen LogP contribution < -0.4 is 0 Å². The zero-order valence-corrected chi connectivity index (χ0v) is 9.43. The first-order chi connectivity index (χ1) is 6.08. The molecule has 0 aromatic carbocycles. The Labute approximate surface area is 81.1 Å². The van der Waals surface area contributed by atoms with Crippen molar-refractivity contribution < 1.29 is 9.13 Å². The molecule has 1 aliphatic rings. The van der Waals surface area contributed by atoms with Gasteiger partial charge >= 0.3 is 0 Å². The molecule has 1 rings (SSSR count). The standard InChI is InChI=1S/C8H16FNO.C2H6/c1-8(6-11-3)4-7(9)5-10(8)2;1-2/h7H,4-6H2,1-3H3;1-2H3. The topological polar surface area (TPSA) is 12.5 Å². The number of hydrogen-bond acceptors (Lipinski definition) is 2. The maximum absolute atomic E-state index is 12.9. The molecule has 2 atom stereocenters. The Morgan fingerprint density at radius 3 is 2.38 bits per heavy atom. The number of hydrogen-bond donors (Lipinski definition) is 0. The number of rotatable bonds is 2. The molecule has 2 unspecified atom stereocenters. The van der Waals surface area contributed by atoms with Gasteiger partial charge in [-0.15, -0.1) is 0 Å². The van der Waals surface area contributed by atoms with Gasteiger partial charge in [0.05, 0.1) is 6.61 Å². The van der Waals surface area contributed by atoms with Crippen molar-refractivity contribution in [1.29, 1.82) is 0 Å². The maximum atomic E-state index is 12.9. The molecule has 1 fully saturated rings. The summed E-state index contributed by atoms with van der Waals surface area (Å²) in [5, 5.41) is 0. The van der Waals surface area contributed by atoms with Crippen LogP contribution in [0.2, 0.25) is 0 Å². The van der Waals surface area contributed by atoms with Crippen LogP contribution in [0.4, 0.5) is 4.39 Å². The second-order valence-corrected chi connectivity index (χ2v) is 3.61. The molecule has 0 aromatic heterocycles. The van der Waals surface area contributed by atoms with E-state index in [4.69, 9.17) is 4.74 Å². The number of nitrogens with zero attached hydrogens (tertiary/aromatic N) is 1. The van der Waals surface area contributed by atoms with Gasteiger partial charge in [-0.3, -0.25) is 4.90 Å². The normalized spacial score (nSPS) is 34.2. The summed E-state index contributed by atoms with van der Waals surface area (Å²) in [4.78, 5) is 2.03. The van der Waals surface area contributed by atoms with Crippen molar-refractivity contribution in [2.45, 2.75) is 38.9 Å². The largest absolute Gasteiger partial charge is 0.383 e. The zero-order valence-electron chi connectivity index (χ0n) is 9.43. The van der Waals surface area contributed by atoms with Crippen molar-refractivity contribution >= 4 is 0 Å². The lowest BCUT2D eigenvalue weighted by molar-refractivity contribution is 0.0656. The molecular formula is C10H22FNO. The summed E-state index contributed by atoms with van der Waals surface area (Å²) in [6.45, 7) is 7.19. The molecular weight excluding hydrogens is 169 g/mol. The minimum atomic E-state index is -0.680. The molecule has 3 heteroatoms. The fourth-order valence-corrected chi connectivity index (χ4v) is 1.70. The van der Waals surface area contributed by atoms with Crippen LogP contribution in [-0.2, 0) is 4.74 Å². The highest BCUT2D eigenvalue weighted by Gasteiger charge is 2.39. The molecule has 0 aliphatic carbocycles. The minimum absolute atomic E-state index is 0.0891. The molecule has 0 spiro atoms. The van der Waals surface area contributed by atoms with Gasteiger partial charge in [-0.05, 0) is 14.0 Å². The summed E-state index contributed by atoms with van der Waals surface area (Å²) < 4.78 is 17.9. The molecule has 0 saturated carbocycles. The van der Waals surface area contributed by atoms with E-state index in [0.29, 0.717) is 19.6 Å². The monoisotopic (exact) mass is 191 g/mol. The van der Waals surface area contributed by atoms with E-state index in [2.05, 4.69) is 0 Å². The van der Waals surface area contributed by atoms with Gasteiger partial charge in [0.1, 0.15) is 6.17 Å². The highest BCUT2D eigenvalue weighted by molar-refractivity contribution is 4.94. The summed E-state index contributed by atoms with van der Waals surface area (Å²) >= 11 is 0. The maximum Gasteiger partial charge on any atom is 0.115 e. The molecule has 0 bridgehead atoms. The van der Waals surface area contributed by atoms with Crippen molar-refractivity contribution in [3.63, 3.8) is 0 Å². The van der Waals surface area contributed by atoms with E-state index in [1.807, 2.05) is 32.7 Å². The van der Waals surface area contributed by atoms with Crippen molar-refractivity contribution in [2.75, 3.05) is 27.3 Å². The van der Waals surface area contributed by atoms with Crippen LogP contribution in [-0.4, -0.2) is 43.9 Å². The third kappa shape index (κ3) is 3.24. The molecule has 1 heterocycles. The van der Waals surface area contributed by atoms with Crippen LogP contribution in [0.3, 0.4) is 0 Å². The van der Waals surface area contributed by atoms with Gasteiger partial charge < -0.3 is 4.74 Å². The van der Waals surface area contributed by atoms with E-state index in [-0.39, 0.29) is 5.54 Å². The Balaban J connectivity index is 0.000000671. The van der Waals surface area contributed by atoms with E-state index < -0.39 is 6.17 Å². The highest BCUT2D eigenvalue weighted by Crippen LogP contribution is 2.29. The van der Waals surface area contributed by atoms with E-state index in [1.165, 1.54) is 0 Å². The third-order valence-electron chi connectivity index (χ3n) is 2.51. The van der Waals surface area contributed by atoms with Crippen LogP contribution >= 0.6 is 0 Å². The number of methoxy groups -OCH3 is 1. The van der Waals surface area contributed by atoms with Crippen LogP contribution in [0, 0.1) is 0 Å². The zero-order chi connectivity index (χ0) is 10.5. The average molecular weight is 191 g/mol. The van der Waals surface area contributed by atoms with Gasteiger partial charge in [0.15, 0.2) is 0 Å². The van der Waals surface area contributed by atoms with Gasteiger partial charge in [0.25, 0.3) is 0 Å². The Morgan fingerprint density at radius 1 is 1.54 bits per heavy atom. The van der Waals surface area contributed by atoms with Crippen molar-refractivity contribution in [2.24, 2.45) is 0 Å². The van der Waals surface area contributed by atoms with E-state index in [1.54, 1.807) is 7.11 Å². The molecule has 1 saturated heterocycles. The first kappa shape index (κ1) is 12.8. The fourth-order valence-electron chi connectivity index (χ4n) is 1.70. The van der Waals surface area contributed by atoms with E-state index in [9.17, 15) is 4.39 Å². The van der Waals surface area contributed by atoms with Crippen LogP contribution in [0.25, 0.3) is 0 Å².